The lowest BCUT2D eigenvalue weighted by molar-refractivity contribution is 0.415. The topological polar surface area (TPSA) is 86.7 Å². The number of anilines is 1. The van der Waals surface area contributed by atoms with E-state index in [2.05, 4.69) is 15.5 Å². The predicted octanol–water partition coefficient (Wildman–Crippen LogP) is 1.31. The van der Waals surface area contributed by atoms with Crippen LogP contribution in [-0.2, 0) is 10.8 Å². The Morgan fingerprint density at radius 2 is 2.10 bits per heavy atom. The van der Waals surface area contributed by atoms with Crippen LogP contribution >= 0.6 is 0 Å². The molecule has 0 radical (unpaired) electrons. The van der Waals surface area contributed by atoms with Gasteiger partial charge in [-0.25, -0.2) is 4.68 Å². The predicted molar refractivity (Wildman–Crippen MR) is 78.5 cm³/mol. The van der Waals surface area contributed by atoms with Crippen LogP contribution in [0.5, 0.6) is 0 Å². The summed E-state index contributed by atoms with van der Waals surface area (Å²) >= 11 is 0. The molecule has 2 aromatic rings. The third kappa shape index (κ3) is 2.33. The van der Waals surface area contributed by atoms with Crippen molar-refractivity contribution in [1.29, 1.82) is 0 Å². The lowest BCUT2D eigenvalue weighted by atomic mass is 10.1. The monoisotopic (exact) mass is 291 g/mol. The maximum Gasteiger partial charge on any atom is 0.184 e. The van der Waals surface area contributed by atoms with Crippen molar-refractivity contribution >= 4 is 16.5 Å². The van der Waals surface area contributed by atoms with Crippen LogP contribution in [0.3, 0.4) is 0 Å². The highest BCUT2D eigenvalue weighted by Gasteiger charge is 2.24. The molecule has 0 saturated carbocycles. The van der Waals surface area contributed by atoms with Crippen LogP contribution in [0.1, 0.15) is 24.4 Å². The van der Waals surface area contributed by atoms with Gasteiger partial charge in [0.25, 0.3) is 0 Å². The Bertz CT molecular complexity index is 624. The van der Waals surface area contributed by atoms with Crippen LogP contribution in [0.4, 0.5) is 5.69 Å². The summed E-state index contributed by atoms with van der Waals surface area (Å²) in [7, 11) is -0.689. The van der Waals surface area contributed by atoms with Crippen LogP contribution in [0.15, 0.2) is 18.2 Å². The molecule has 1 aromatic carbocycles. The first kappa shape index (κ1) is 13.2. The minimum Gasteiger partial charge on any atom is -0.398 e. The molecule has 1 aliphatic rings. The van der Waals surface area contributed by atoms with Gasteiger partial charge in [-0.1, -0.05) is 12.1 Å². The fourth-order valence-corrected chi connectivity index (χ4v) is 3.90. The normalized spacial score (nSPS) is 22.9. The third-order valence-electron chi connectivity index (χ3n) is 3.72. The largest absolute Gasteiger partial charge is 0.398 e. The first-order valence-corrected chi connectivity index (χ1v) is 8.14. The number of nitrogen functional groups attached to an aromatic ring is 1. The Morgan fingerprint density at radius 1 is 1.35 bits per heavy atom. The second kappa shape index (κ2) is 5.32. The van der Waals surface area contributed by atoms with Crippen molar-refractivity contribution < 1.29 is 4.21 Å². The zero-order valence-corrected chi connectivity index (χ0v) is 12.1. The molecule has 6 nitrogen and oxygen atoms in total. The quantitative estimate of drug-likeness (QED) is 0.843. The first-order chi connectivity index (χ1) is 9.66. The number of nitrogens with two attached hydrogens (primary N) is 1. The van der Waals surface area contributed by atoms with Crippen molar-refractivity contribution in [3.8, 4) is 11.4 Å². The fourth-order valence-electron chi connectivity index (χ4n) is 2.63. The summed E-state index contributed by atoms with van der Waals surface area (Å²) in [5, 5.41) is 12.1. The van der Waals surface area contributed by atoms with Gasteiger partial charge in [-0.05, 0) is 41.8 Å². The van der Waals surface area contributed by atoms with Gasteiger partial charge in [-0.15, -0.1) is 5.10 Å². The van der Waals surface area contributed by atoms with Gasteiger partial charge in [0, 0.05) is 33.6 Å². The summed E-state index contributed by atoms with van der Waals surface area (Å²) in [5.41, 5.74) is 8.71. The molecule has 106 valence electrons. The molecule has 20 heavy (non-hydrogen) atoms. The minimum atomic E-state index is -0.689. The third-order valence-corrected chi connectivity index (χ3v) is 5.11. The molecule has 0 aliphatic carbocycles. The van der Waals surface area contributed by atoms with E-state index < -0.39 is 10.8 Å². The Morgan fingerprint density at radius 3 is 2.80 bits per heavy atom. The zero-order chi connectivity index (χ0) is 14.1. The van der Waals surface area contributed by atoms with E-state index in [1.807, 2.05) is 29.8 Å². The first-order valence-electron chi connectivity index (χ1n) is 6.65. The van der Waals surface area contributed by atoms with E-state index >= 15 is 0 Å². The number of hydrogen-bond donors (Lipinski definition) is 1. The molecular formula is C13H17N5OS. The summed E-state index contributed by atoms with van der Waals surface area (Å²) in [4.78, 5) is 0. The minimum absolute atomic E-state index is 0.205. The summed E-state index contributed by atoms with van der Waals surface area (Å²) in [6.45, 7) is 2.00. The van der Waals surface area contributed by atoms with Crippen LogP contribution < -0.4 is 5.73 Å². The van der Waals surface area contributed by atoms with Gasteiger partial charge >= 0.3 is 0 Å². The van der Waals surface area contributed by atoms with Crippen molar-refractivity contribution in [3.63, 3.8) is 0 Å². The van der Waals surface area contributed by atoms with E-state index in [1.165, 1.54) is 0 Å². The van der Waals surface area contributed by atoms with Gasteiger partial charge in [-0.3, -0.25) is 4.21 Å². The average molecular weight is 291 g/mol. The fraction of sp³-hybridized carbons (Fsp3) is 0.462. The van der Waals surface area contributed by atoms with Gasteiger partial charge in [0.05, 0.1) is 6.04 Å². The van der Waals surface area contributed by atoms with Crippen molar-refractivity contribution in [2.24, 2.45) is 0 Å². The lowest BCUT2D eigenvalue weighted by Crippen LogP contribution is -2.23. The maximum atomic E-state index is 11.5. The number of aromatic nitrogens is 4. The number of aryl methyl sites for hydroxylation is 1. The van der Waals surface area contributed by atoms with Gasteiger partial charge in [0.2, 0.25) is 0 Å². The number of tetrazole rings is 1. The molecule has 0 spiro atoms. The van der Waals surface area contributed by atoms with Crippen molar-refractivity contribution in [2.75, 3.05) is 17.2 Å². The molecule has 0 unspecified atom stereocenters. The Kier molecular flexibility index (Phi) is 3.52. The zero-order valence-electron chi connectivity index (χ0n) is 11.3. The van der Waals surface area contributed by atoms with Gasteiger partial charge in [0.15, 0.2) is 5.82 Å². The Balaban J connectivity index is 2.00. The number of rotatable bonds is 2. The van der Waals surface area contributed by atoms with Crippen LogP contribution in [0.25, 0.3) is 11.4 Å². The van der Waals surface area contributed by atoms with Crippen LogP contribution in [0.2, 0.25) is 0 Å². The highest BCUT2D eigenvalue weighted by molar-refractivity contribution is 7.85. The molecule has 0 atom stereocenters. The van der Waals surface area contributed by atoms with E-state index in [0.29, 0.717) is 23.0 Å². The van der Waals surface area contributed by atoms with Gasteiger partial charge in [0.1, 0.15) is 0 Å². The van der Waals surface area contributed by atoms with E-state index in [4.69, 9.17) is 5.73 Å². The molecule has 7 heteroatoms. The Hall–Kier alpha value is -1.76. The molecule has 3 rings (SSSR count). The van der Waals surface area contributed by atoms with Crippen molar-refractivity contribution in [1.82, 2.24) is 20.2 Å². The van der Waals surface area contributed by atoms with E-state index in [0.717, 1.165) is 24.0 Å². The molecule has 2 N–H and O–H groups in total. The molecule has 2 heterocycles. The average Bonchev–Trinajstić information content (AvgIpc) is 2.88. The smallest absolute Gasteiger partial charge is 0.184 e. The summed E-state index contributed by atoms with van der Waals surface area (Å²) in [6.07, 6.45) is 1.69. The highest BCUT2D eigenvalue weighted by atomic mass is 32.2. The van der Waals surface area contributed by atoms with Crippen molar-refractivity contribution in [2.45, 2.75) is 25.8 Å². The molecule has 1 aliphatic heterocycles. The molecule has 0 amide bonds. The maximum absolute atomic E-state index is 11.5. The molecule has 1 aromatic heterocycles. The Labute approximate surface area is 119 Å². The number of nitrogens with zero attached hydrogens (tertiary/aromatic N) is 4. The summed E-state index contributed by atoms with van der Waals surface area (Å²) in [6, 6.07) is 5.99. The lowest BCUT2D eigenvalue weighted by Gasteiger charge is -2.22. The van der Waals surface area contributed by atoms with Gasteiger partial charge < -0.3 is 5.73 Å². The molecule has 1 saturated heterocycles. The standard InChI is InChI=1S/C13H17N5OS/c1-9-3-2-4-11(14)12(9)13-15-16-17-18(13)10-5-7-20(19)8-6-10/h2-4,10H,5-8,14H2,1H3. The highest BCUT2D eigenvalue weighted by Crippen LogP contribution is 2.31. The van der Waals surface area contributed by atoms with Crippen molar-refractivity contribution in [3.05, 3.63) is 23.8 Å². The van der Waals surface area contributed by atoms with Crippen LogP contribution in [-0.4, -0.2) is 35.9 Å². The number of benzene rings is 1. The summed E-state index contributed by atoms with van der Waals surface area (Å²) in [5.74, 6) is 2.14. The summed E-state index contributed by atoms with van der Waals surface area (Å²) < 4.78 is 13.3. The molecular weight excluding hydrogens is 274 g/mol. The van der Waals surface area contributed by atoms with E-state index in [-0.39, 0.29) is 6.04 Å². The van der Waals surface area contributed by atoms with E-state index in [9.17, 15) is 4.21 Å². The molecule has 0 bridgehead atoms. The number of hydrogen-bond acceptors (Lipinski definition) is 5. The van der Waals surface area contributed by atoms with Crippen LogP contribution in [0, 0.1) is 6.92 Å². The van der Waals surface area contributed by atoms with E-state index in [1.54, 1.807) is 0 Å². The van der Waals surface area contributed by atoms with Gasteiger partial charge in [-0.2, -0.15) is 0 Å². The second-order valence-electron chi connectivity index (χ2n) is 5.07. The second-order valence-corrected chi connectivity index (χ2v) is 6.76. The molecule has 1 fully saturated rings. The SMILES string of the molecule is Cc1cccc(N)c1-c1nnnn1C1CCS(=O)CC1.